The van der Waals surface area contributed by atoms with Gasteiger partial charge in [0, 0.05) is 5.56 Å². The van der Waals surface area contributed by atoms with Crippen LogP contribution in [0.1, 0.15) is 0 Å². The fourth-order valence-corrected chi connectivity index (χ4v) is 2.43. The second-order valence-corrected chi connectivity index (χ2v) is 5.20. The summed E-state index contributed by atoms with van der Waals surface area (Å²) in [5.41, 5.74) is 3.08. The molecule has 0 atom stereocenters. The molecule has 5 heteroatoms. The Balaban J connectivity index is 1.59. The number of nitrogens with zero attached hydrogens (tertiary/aromatic N) is 2. The van der Waals surface area contributed by atoms with Crippen LogP contribution in [0.25, 0.3) is 34.2 Å². The van der Waals surface area contributed by atoms with Crippen LogP contribution in [0, 0.1) is 0 Å². The predicted molar refractivity (Wildman–Crippen MR) is 89.4 cm³/mol. The fourth-order valence-electron chi connectivity index (χ4n) is 2.43. The molecule has 0 bridgehead atoms. The summed E-state index contributed by atoms with van der Waals surface area (Å²) in [4.78, 5) is 0. The molecule has 0 N–H and O–H groups in total. The van der Waals surface area contributed by atoms with Crippen molar-refractivity contribution < 1.29 is 13.6 Å². The number of aromatic nitrogens is 2. The number of hydrogen-bond donors (Lipinski definition) is 0. The van der Waals surface area contributed by atoms with Crippen LogP contribution in [0.2, 0.25) is 0 Å². The monoisotopic (exact) mass is 318 g/mol. The van der Waals surface area contributed by atoms with Crippen LogP contribution < -0.4 is 4.74 Å². The molecule has 2 aromatic carbocycles. The van der Waals surface area contributed by atoms with Crippen molar-refractivity contribution in [1.82, 2.24) is 10.2 Å². The lowest BCUT2D eigenvalue weighted by Crippen LogP contribution is -1.83. The molecule has 118 valence electrons. The topological polar surface area (TPSA) is 61.3 Å². The van der Waals surface area contributed by atoms with Crippen molar-refractivity contribution >= 4 is 0 Å². The van der Waals surface area contributed by atoms with Crippen molar-refractivity contribution in [3.05, 3.63) is 66.9 Å². The first-order valence-corrected chi connectivity index (χ1v) is 7.46. The molecule has 0 amide bonds. The molecule has 4 rings (SSSR count). The SMILES string of the molecule is COc1ccc(-c2ccc(-c3nnc(-c4ccco4)o3)cc2)cc1. The Kier molecular flexibility index (Phi) is 3.59. The molecule has 4 aromatic rings. The van der Waals surface area contributed by atoms with Gasteiger partial charge in [-0.25, -0.2) is 0 Å². The Morgan fingerprint density at radius 3 is 2.00 bits per heavy atom. The quantitative estimate of drug-likeness (QED) is 0.547. The molecular weight excluding hydrogens is 304 g/mol. The van der Waals surface area contributed by atoms with Crippen molar-refractivity contribution in [3.8, 4) is 40.0 Å². The molecule has 0 radical (unpaired) electrons. The van der Waals surface area contributed by atoms with E-state index in [1.54, 1.807) is 25.5 Å². The van der Waals surface area contributed by atoms with E-state index in [2.05, 4.69) is 10.2 Å². The molecule has 0 aliphatic heterocycles. The first-order valence-electron chi connectivity index (χ1n) is 7.46. The van der Waals surface area contributed by atoms with Crippen LogP contribution >= 0.6 is 0 Å². The molecule has 5 nitrogen and oxygen atoms in total. The average Bonchev–Trinajstić information content (AvgIpc) is 3.33. The molecule has 0 aliphatic rings. The van der Waals surface area contributed by atoms with Crippen molar-refractivity contribution in [2.45, 2.75) is 0 Å². The molecule has 0 spiro atoms. The zero-order valence-corrected chi connectivity index (χ0v) is 13.0. The van der Waals surface area contributed by atoms with Gasteiger partial charge in [0.25, 0.3) is 5.89 Å². The van der Waals surface area contributed by atoms with Crippen molar-refractivity contribution in [3.63, 3.8) is 0 Å². The van der Waals surface area contributed by atoms with Crippen molar-refractivity contribution in [2.24, 2.45) is 0 Å². The van der Waals surface area contributed by atoms with E-state index in [1.807, 2.05) is 48.5 Å². The van der Waals surface area contributed by atoms with Crippen LogP contribution in [0.5, 0.6) is 5.75 Å². The van der Waals surface area contributed by atoms with Crippen LogP contribution in [0.4, 0.5) is 0 Å². The Labute approximate surface area is 138 Å². The summed E-state index contributed by atoms with van der Waals surface area (Å²) >= 11 is 0. The van der Waals surface area contributed by atoms with Gasteiger partial charge in [-0.3, -0.25) is 0 Å². The van der Waals surface area contributed by atoms with Gasteiger partial charge in [0.1, 0.15) is 5.75 Å². The largest absolute Gasteiger partial charge is 0.497 e. The first kappa shape index (κ1) is 14.3. The van der Waals surface area contributed by atoms with E-state index >= 15 is 0 Å². The van der Waals surface area contributed by atoms with E-state index in [1.165, 1.54) is 0 Å². The van der Waals surface area contributed by atoms with Gasteiger partial charge in [-0.05, 0) is 47.5 Å². The standard InChI is InChI=1S/C19H14N2O3/c1-22-16-10-8-14(9-11-16)13-4-6-15(7-5-13)18-20-21-19(24-18)17-3-2-12-23-17/h2-12H,1H3. The summed E-state index contributed by atoms with van der Waals surface area (Å²) in [7, 11) is 1.66. The van der Waals surface area contributed by atoms with E-state index < -0.39 is 0 Å². The second kappa shape index (κ2) is 6.04. The Bertz CT molecular complexity index is 924. The van der Waals surface area contributed by atoms with Crippen LogP contribution in [0.3, 0.4) is 0 Å². The minimum Gasteiger partial charge on any atom is -0.497 e. The molecule has 0 aliphatic carbocycles. The second-order valence-electron chi connectivity index (χ2n) is 5.20. The van der Waals surface area contributed by atoms with Crippen molar-refractivity contribution in [2.75, 3.05) is 7.11 Å². The number of ether oxygens (including phenoxy) is 1. The Hall–Kier alpha value is -3.34. The zero-order chi connectivity index (χ0) is 16.4. The molecule has 2 aromatic heterocycles. The number of benzene rings is 2. The van der Waals surface area contributed by atoms with Gasteiger partial charge in [-0.2, -0.15) is 0 Å². The third-order valence-corrected chi connectivity index (χ3v) is 3.71. The van der Waals surface area contributed by atoms with Gasteiger partial charge in [0.15, 0.2) is 5.76 Å². The maximum absolute atomic E-state index is 5.66. The fraction of sp³-hybridized carbons (Fsp3) is 0.0526. The summed E-state index contributed by atoms with van der Waals surface area (Å²) < 4.78 is 16.1. The zero-order valence-electron chi connectivity index (χ0n) is 13.0. The highest BCUT2D eigenvalue weighted by Crippen LogP contribution is 2.27. The summed E-state index contributed by atoms with van der Waals surface area (Å²) in [6.45, 7) is 0. The van der Waals surface area contributed by atoms with E-state index in [-0.39, 0.29) is 0 Å². The number of methoxy groups -OCH3 is 1. The molecule has 0 saturated carbocycles. The van der Waals surface area contributed by atoms with Gasteiger partial charge < -0.3 is 13.6 Å². The summed E-state index contributed by atoms with van der Waals surface area (Å²) in [6.07, 6.45) is 1.57. The molecule has 0 saturated heterocycles. The van der Waals surface area contributed by atoms with Gasteiger partial charge >= 0.3 is 0 Å². The normalized spacial score (nSPS) is 10.7. The molecule has 0 unspecified atom stereocenters. The Morgan fingerprint density at radius 1 is 0.750 bits per heavy atom. The summed E-state index contributed by atoms with van der Waals surface area (Å²) in [5, 5.41) is 8.08. The molecule has 24 heavy (non-hydrogen) atoms. The van der Waals surface area contributed by atoms with Gasteiger partial charge in [0.2, 0.25) is 5.89 Å². The lowest BCUT2D eigenvalue weighted by molar-refractivity contribution is 0.415. The molecular formula is C19H14N2O3. The third kappa shape index (κ3) is 2.67. The highest BCUT2D eigenvalue weighted by molar-refractivity contribution is 5.68. The van der Waals surface area contributed by atoms with Gasteiger partial charge in [0.05, 0.1) is 13.4 Å². The first-order chi connectivity index (χ1) is 11.8. The summed E-state index contributed by atoms with van der Waals surface area (Å²) in [5.74, 6) is 2.23. The highest BCUT2D eigenvalue weighted by atomic mass is 16.5. The van der Waals surface area contributed by atoms with Crippen LogP contribution in [-0.2, 0) is 0 Å². The number of hydrogen-bond acceptors (Lipinski definition) is 5. The van der Waals surface area contributed by atoms with E-state index in [9.17, 15) is 0 Å². The number of rotatable bonds is 4. The maximum atomic E-state index is 5.66. The van der Waals surface area contributed by atoms with Gasteiger partial charge in [-0.15, -0.1) is 10.2 Å². The van der Waals surface area contributed by atoms with E-state index in [0.29, 0.717) is 17.5 Å². The number of furan rings is 1. The predicted octanol–water partition coefficient (Wildman–Crippen LogP) is 4.67. The van der Waals surface area contributed by atoms with E-state index in [4.69, 9.17) is 13.6 Å². The molecule has 0 fully saturated rings. The minimum absolute atomic E-state index is 0.370. The smallest absolute Gasteiger partial charge is 0.283 e. The highest BCUT2D eigenvalue weighted by Gasteiger charge is 2.12. The van der Waals surface area contributed by atoms with Crippen LogP contribution in [0.15, 0.2) is 75.8 Å². The molecule has 2 heterocycles. The third-order valence-electron chi connectivity index (χ3n) is 3.71. The van der Waals surface area contributed by atoms with Gasteiger partial charge in [-0.1, -0.05) is 24.3 Å². The van der Waals surface area contributed by atoms with Crippen molar-refractivity contribution in [1.29, 1.82) is 0 Å². The van der Waals surface area contributed by atoms with Crippen LogP contribution in [-0.4, -0.2) is 17.3 Å². The minimum atomic E-state index is 0.370. The maximum Gasteiger partial charge on any atom is 0.283 e. The Morgan fingerprint density at radius 2 is 1.38 bits per heavy atom. The summed E-state index contributed by atoms with van der Waals surface area (Å²) in [6, 6.07) is 19.5. The average molecular weight is 318 g/mol. The van der Waals surface area contributed by atoms with E-state index in [0.717, 1.165) is 22.4 Å². The lowest BCUT2D eigenvalue weighted by Gasteiger charge is -2.04. The lowest BCUT2D eigenvalue weighted by atomic mass is 10.0.